The Kier molecular flexibility index (Phi) is 5.69. The van der Waals surface area contributed by atoms with Crippen molar-refractivity contribution in [2.24, 2.45) is 0 Å². The molecule has 2 aromatic heterocycles. The van der Waals surface area contributed by atoms with Crippen LogP contribution in [0.3, 0.4) is 0 Å². The van der Waals surface area contributed by atoms with Crippen LogP contribution in [0.2, 0.25) is 0 Å². The lowest BCUT2D eigenvalue weighted by molar-refractivity contribution is -0.136. The number of ether oxygens (including phenoxy) is 1. The highest BCUT2D eigenvalue weighted by atomic mass is 19.4. The molecule has 0 unspecified atom stereocenters. The van der Waals surface area contributed by atoms with Crippen LogP contribution in [0.1, 0.15) is 49.1 Å². The van der Waals surface area contributed by atoms with Gasteiger partial charge in [-0.1, -0.05) is 12.1 Å². The van der Waals surface area contributed by atoms with E-state index in [1.165, 1.54) is 7.11 Å². The first-order chi connectivity index (χ1) is 12.8. The van der Waals surface area contributed by atoms with Gasteiger partial charge in [0.15, 0.2) is 0 Å². The van der Waals surface area contributed by atoms with E-state index in [0.717, 1.165) is 6.07 Å². The zero-order valence-electron chi connectivity index (χ0n) is 15.3. The maximum absolute atomic E-state index is 13.6. The van der Waals surface area contributed by atoms with Gasteiger partial charge in [-0.25, -0.2) is 4.98 Å². The third kappa shape index (κ3) is 4.07. The van der Waals surface area contributed by atoms with Crippen LogP contribution in [0.4, 0.5) is 13.2 Å². The Morgan fingerprint density at radius 1 is 1.37 bits per heavy atom. The molecule has 1 aliphatic rings. The summed E-state index contributed by atoms with van der Waals surface area (Å²) >= 11 is 0. The third-order valence-corrected chi connectivity index (χ3v) is 4.95. The van der Waals surface area contributed by atoms with E-state index in [1.54, 1.807) is 11.8 Å². The highest BCUT2D eigenvalue weighted by Crippen LogP contribution is 2.40. The van der Waals surface area contributed by atoms with Crippen molar-refractivity contribution in [3.05, 3.63) is 23.0 Å². The zero-order valence-corrected chi connectivity index (χ0v) is 15.3. The van der Waals surface area contributed by atoms with Crippen molar-refractivity contribution in [3.63, 3.8) is 0 Å². The summed E-state index contributed by atoms with van der Waals surface area (Å²) < 4.78 is 50.8. The number of methoxy groups -OCH3 is 1. The Labute approximate surface area is 154 Å². The fraction of sp³-hybridized carbons (Fsp3) is 0.611. The van der Waals surface area contributed by atoms with Crippen molar-refractivity contribution in [3.8, 4) is 0 Å². The second kappa shape index (κ2) is 7.84. The molecule has 0 bridgehead atoms. The van der Waals surface area contributed by atoms with Crippen LogP contribution in [0.15, 0.2) is 10.6 Å². The van der Waals surface area contributed by atoms with Crippen molar-refractivity contribution >= 4 is 17.0 Å². The summed E-state index contributed by atoms with van der Waals surface area (Å²) in [5.74, 6) is -0.210. The lowest BCUT2D eigenvalue weighted by atomic mass is 9.90. The van der Waals surface area contributed by atoms with Gasteiger partial charge in [0.1, 0.15) is 0 Å². The topological polar surface area (TPSA) is 68.5 Å². The van der Waals surface area contributed by atoms with E-state index in [1.807, 2.05) is 0 Å². The molecule has 0 N–H and O–H groups in total. The molecule has 0 saturated carbocycles. The number of amides is 1. The number of piperidine rings is 1. The smallest absolute Gasteiger partial charge is 0.384 e. The van der Waals surface area contributed by atoms with Gasteiger partial charge < -0.3 is 14.2 Å². The predicted molar refractivity (Wildman–Crippen MR) is 91.2 cm³/mol. The third-order valence-electron chi connectivity index (χ3n) is 4.95. The molecular weight excluding hydrogens is 363 g/mol. The van der Waals surface area contributed by atoms with E-state index < -0.39 is 11.7 Å². The Bertz CT molecular complexity index is 811. The van der Waals surface area contributed by atoms with Crippen LogP contribution in [-0.4, -0.2) is 47.8 Å². The largest absolute Gasteiger partial charge is 0.417 e. The number of aromatic nitrogens is 2. The van der Waals surface area contributed by atoms with Gasteiger partial charge in [-0.2, -0.15) is 13.2 Å². The van der Waals surface area contributed by atoms with E-state index in [-0.39, 0.29) is 28.6 Å². The summed E-state index contributed by atoms with van der Waals surface area (Å²) in [7, 11) is 1.53. The molecule has 3 rings (SSSR count). The summed E-state index contributed by atoms with van der Waals surface area (Å²) in [5, 5.41) is 3.88. The van der Waals surface area contributed by atoms with Crippen LogP contribution in [0.25, 0.3) is 11.1 Å². The lowest BCUT2D eigenvalue weighted by Gasteiger charge is -2.31. The summed E-state index contributed by atoms with van der Waals surface area (Å²) in [6.07, 6.45) is -2.77. The second-order valence-corrected chi connectivity index (χ2v) is 6.66. The highest BCUT2D eigenvalue weighted by Gasteiger charge is 2.38. The molecule has 1 saturated heterocycles. The van der Waals surface area contributed by atoms with Gasteiger partial charge >= 0.3 is 6.18 Å². The zero-order chi connectivity index (χ0) is 19.6. The molecule has 0 aliphatic carbocycles. The summed E-state index contributed by atoms with van der Waals surface area (Å²) in [6.45, 7) is 3.04. The fourth-order valence-corrected chi connectivity index (χ4v) is 3.46. The van der Waals surface area contributed by atoms with E-state index in [9.17, 15) is 18.0 Å². The number of fused-ring (bicyclic) bond motifs is 1. The SMILES string of the molecule is CCc1cc(C(F)(F)F)c2c(C3CCN(C(=O)CCOC)CC3)noc2n1. The van der Waals surface area contributed by atoms with Crippen molar-refractivity contribution < 1.29 is 27.2 Å². The number of halogens is 3. The molecule has 148 valence electrons. The minimum atomic E-state index is -4.51. The molecule has 0 radical (unpaired) electrons. The molecule has 6 nitrogen and oxygen atoms in total. The standard InChI is InChI=1S/C18H22F3N3O3/c1-3-12-10-13(18(19,20)21)15-16(23-27-17(15)22-12)11-4-7-24(8-5-11)14(25)6-9-26-2/h10-11H,3-9H2,1-2H3. The van der Waals surface area contributed by atoms with Crippen molar-refractivity contribution in [2.45, 2.75) is 44.7 Å². The maximum atomic E-state index is 13.6. The van der Waals surface area contributed by atoms with E-state index in [2.05, 4.69) is 10.1 Å². The highest BCUT2D eigenvalue weighted by molar-refractivity contribution is 5.82. The second-order valence-electron chi connectivity index (χ2n) is 6.66. The van der Waals surface area contributed by atoms with Gasteiger partial charge in [0.2, 0.25) is 5.91 Å². The Morgan fingerprint density at radius 2 is 2.07 bits per heavy atom. The van der Waals surface area contributed by atoms with Crippen LogP contribution >= 0.6 is 0 Å². The van der Waals surface area contributed by atoms with E-state index in [0.29, 0.717) is 51.1 Å². The molecule has 3 heterocycles. The van der Waals surface area contributed by atoms with Crippen molar-refractivity contribution in [1.82, 2.24) is 15.0 Å². The predicted octanol–water partition coefficient (Wildman–Crippen LogP) is 3.55. The number of nitrogens with zero attached hydrogens (tertiary/aromatic N) is 3. The van der Waals surface area contributed by atoms with Gasteiger partial charge in [0.05, 0.1) is 29.7 Å². The number of carbonyl (C=O) groups is 1. The minimum absolute atomic E-state index is 0.00875. The van der Waals surface area contributed by atoms with Gasteiger partial charge in [0.25, 0.3) is 5.71 Å². The minimum Gasteiger partial charge on any atom is -0.384 e. The molecule has 2 aromatic rings. The number of likely N-dealkylation sites (tertiary alicyclic amines) is 1. The maximum Gasteiger partial charge on any atom is 0.417 e. The summed E-state index contributed by atoms with van der Waals surface area (Å²) in [6, 6.07) is 1.08. The number of alkyl halides is 3. The van der Waals surface area contributed by atoms with E-state index >= 15 is 0 Å². The first-order valence-corrected chi connectivity index (χ1v) is 8.98. The van der Waals surface area contributed by atoms with Crippen LogP contribution < -0.4 is 0 Å². The monoisotopic (exact) mass is 385 g/mol. The molecule has 1 aliphatic heterocycles. The van der Waals surface area contributed by atoms with Crippen molar-refractivity contribution in [1.29, 1.82) is 0 Å². The first kappa shape index (κ1) is 19.6. The molecule has 1 amide bonds. The molecular formula is C18H22F3N3O3. The van der Waals surface area contributed by atoms with Crippen LogP contribution in [-0.2, 0) is 22.1 Å². The van der Waals surface area contributed by atoms with Crippen molar-refractivity contribution in [2.75, 3.05) is 26.8 Å². The molecule has 27 heavy (non-hydrogen) atoms. The molecule has 0 spiro atoms. The normalized spacial score (nSPS) is 16.3. The molecule has 0 aromatic carbocycles. The molecule has 9 heteroatoms. The quantitative estimate of drug-likeness (QED) is 0.787. The fourth-order valence-electron chi connectivity index (χ4n) is 3.46. The Hall–Kier alpha value is -2.16. The summed E-state index contributed by atoms with van der Waals surface area (Å²) in [4.78, 5) is 17.9. The Morgan fingerprint density at radius 3 is 2.67 bits per heavy atom. The van der Waals surface area contributed by atoms with Gasteiger partial charge in [0, 0.05) is 31.8 Å². The van der Waals surface area contributed by atoms with Gasteiger partial charge in [-0.05, 0) is 25.3 Å². The average Bonchev–Trinajstić information content (AvgIpc) is 3.08. The number of aryl methyl sites for hydroxylation is 1. The number of carbonyl (C=O) groups excluding carboxylic acids is 1. The average molecular weight is 385 g/mol. The molecule has 0 atom stereocenters. The number of hydrogen-bond donors (Lipinski definition) is 0. The van der Waals surface area contributed by atoms with Gasteiger partial charge in [-0.15, -0.1) is 0 Å². The van der Waals surface area contributed by atoms with Crippen LogP contribution in [0.5, 0.6) is 0 Å². The first-order valence-electron chi connectivity index (χ1n) is 8.98. The number of pyridine rings is 1. The number of rotatable bonds is 5. The summed E-state index contributed by atoms with van der Waals surface area (Å²) in [5.41, 5.74) is -0.220. The Balaban J connectivity index is 1.85. The van der Waals surface area contributed by atoms with E-state index in [4.69, 9.17) is 9.26 Å². The molecule has 1 fully saturated rings. The van der Waals surface area contributed by atoms with Crippen LogP contribution in [0, 0.1) is 0 Å². The number of hydrogen-bond acceptors (Lipinski definition) is 5. The van der Waals surface area contributed by atoms with Gasteiger partial charge in [-0.3, -0.25) is 4.79 Å². The lowest BCUT2D eigenvalue weighted by Crippen LogP contribution is -2.38.